The van der Waals surface area contributed by atoms with Gasteiger partial charge in [-0.15, -0.1) is 10.2 Å². The second kappa shape index (κ2) is 3.58. The Kier molecular flexibility index (Phi) is 2.20. The Balaban J connectivity index is 2.18. The molecule has 4 nitrogen and oxygen atoms in total. The lowest BCUT2D eigenvalue weighted by Gasteiger charge is -1.89. The summed E-state index contributed by atoms with van der Waals surface area (Å²) in [6, 6.07) is 7.91. The van der Waals surface area contributed by atoms with Gasteiger partial charge < -0.3 is 8.83 Å². The van der Waals surface area contributed by atoms with Gasteiger partial charge >= 0.3 is 0 Å². The van der Waals surface area contributed by atoms with Gasteiger partial charge in [0.2, 0.25) is 0 Å². The third-order valence-corrected chi connectivity index (χ3v) is 2.72. The highest BCUT2D eigenvalue weighted by Gasteiger charge is 2.12. The number of nitrogens with zero attached hydrogens (tertiary/aromatic N) is 2. The van der Waals surface area contributed by atoms with Gasteiger partial charge in [0.25, 0.3) is 9.79 Å². The van der Waals surface area contributed by atoms with Crippen LogP contribution in [-0.2, 0) is 0 Å². The maximum atomic E-state index is 5.62. The predicted octanol–water partition coefficient (Wildman–Crippen LogP) is 3.40. The summed E-state index contributed by atoms with van der Waals surface area (Å²) in [5, 5.41) is 8.72. The third kappa shape index (κ3) is 1.60. The van der Waals surface area contributed by atoms with Gasteiger partial charge in [-0.05, 0) is 25.1 Å². The standard InChI is InChI=1S/C11H7IN2O2/c1-6-2-3-8-7(4-6)5-9(15-8)10-13-14-11(12)16-10/h2-5H,1H3. The van der Waals surface area contributed by atoms with Gasteiger partial charge in [0.05, 0.1) is 0 Å². The molecule has 0 aliphatic rings. The summed E-state index contributed by atoms with van der Waals surface area (Å²) in [5.41, 5.74) is 2.02. The Labute approximate surface area is 105 Å². The van der Waals surface area contributed by atoms with Crippen molar-refractivity contribution in [2.24, 2.45) is 0 Å². The van der Waals surface area contributed by atoms with Gasteiger partial charge in [0.15, 0.2) is 5.76 Å². The maximum absolute atomic E-state index is 5.62. The number of furan rings is 1. The highest BCUT2D eigenvalue weighted by molar-refractivity contribution is 14.1. The van der Waals surface area contributed by atoms with Crippen molar-refractivity contribution in [2.75, 3.05) is 0 Å². The Hall–Kier alpha value is -1.37. The van der Waals surface area contributed by atoms with Gasteiger partial charge in [-0.2, -0.15) is 0 Å². The molecule has 0 amide bonds. The molecule has 1 aromatic carbocycles. The van der Waals surface area contributed by atoms with E-state index in [1.165, 1.54) is 5.56 Å². The van der Waals surface area contributed by atoms with Crippen LogP contribution in [0.1, 0.15) is 5.56 Å². The fourth-order valence-electron chi connectivity index (χ4n) is 1.57. The average molecular weight is 326 g/mol. The molecule has 0 fully saturated rings. The topological polar surface area (TPSA) is 52.1 Å². The maximum Gasteiger partial charge on any atom is 0.284 e. The summed E-state index contributed by atoms with van der Waals surface area (Å²) in [7, 11) is 0. The lowest BCUT2D eigenvalue weighted by Crippen LogP contribution is -1.71. The van der Waals surface area contributed by atoms with Crippen LogP contribution in [-0.4, -0.2) is 10.2 Å². The molecule has 2 aromatic heterocycles. The predicted molar refractivity (Wildman–Crippen MR) is 67.0 cm³/mol. The Bertz CT molecular complexity index is 657. The Morgan fingerprint density at radius 1 is 1.12 bits per heavy atom. The van der Waals surface area contributed by atoms with E-state index in [9.17, 15) is 0 Å². The lowest BCUT2D eigenvalue weighted by atomic mass is 10.2. The monoisotopic (exact) mass is 326 g/mol. The summed E-state index contributed by atoms with van der Waals surface area (Å²) < 4.78 is 11.4. The van der Waals surface area contributed by atoms with Crippen molar-refractivity contribution in [2.45, 2.75) is 6.92 Å². The summed E-state index contributed by atoms with van der Waals surface area (Å²) in [6.45, 7) is 2.04. The molecule has 3 rings (SSSR count). The van der Waals surface area contributed by atoms with Crippen LogP contribution in [0.15, 0.2) is 33.1 Å². The number of halogens is 1. The second-order valence-electron chi connectivity index (χ2n) is 3.51. The molecule has 3 aromatic rings. The molecular weight excluding hydrogens is 319 g/mol. The average Bonchev–Trinajstić information content (AvgIpc) is 2.83. The molecule has 0 saturated carbocycles. The van der Waals surface area contributed by atoms with Crippen LogP contribution in [0, 0.1) is 10.8 Å². The molecule has 16 heavy (non-hydrogen) atoms. The number of aromatic nitrogens is 2. The van der Waals surface area contributed by atoms with E-state index in [0.717, 1.165) is 11.0 Å². The first-order valence-corrected chi connectivity index (χ1v) is 5.80. The van der Waals surface area contributed by atoms with Crippen LogP contribution in [0.3, 0.4) is 0 Å². The zero-order chi connectivity index (χ0) is 11.1. The first-order chi connectivity index (χ1) is 7.72. The number of benzene rings is 1. The molecule has 0 aliphatic heterocycles. The zero-order valence-corrected chi connectivity index (χ0v) is 10.6. The van der Waals surface area contributed by atoms with Crippen LogP contribution in [0.4, 0.5) is 0 Å². The second-order valence-corrected chi connectivity index (χ2v) is 4.43. The van der Waals surface area contributed by atoms with Gasteiger partial charge in [-0.25, -0.2) is 0 Å². The zero-order valence-electron chi connectivity index (χ0n) is 8.40. The molecule has 0 aliphatic carbocycles. The van der Waals surface area contributed by atoms with E-state index < -0.39 is 0 Å². The molecule has 80 valence electrons. The molecule has 0 saturated heterocycles. The van der Waals surface area contributed by atoms with Crippen molar-refractivity contribution >= 4 is 33.6 Å². The summed E-state index contributed by atoms with van der Waals surface area (Å²) in [4.78, 5) is 0. The molecule has 5 heteroatoms. The quantitative estimate of drug-likeness (QED) is 0.643. The van der Waals surface area contributed by atoms with Crippen molar-refractivity contribution < 1.29 is 8.83 Å². The van der Waals surface area contributed by atoms with Crippen LogP contribution in [0.25, 0.3) is 22.6 Å². The first kappa shape index (κ1) is 9.83. The van der Waals surface area contributed by atoms with E-state index >= 15 is 0 Å². The molecule has 0 N–H and O–H groups in total. The van der Waals surface area contributed by atoms with Crippen molar-refractivity contribution in [1.82, 2.24) is 10.2 Å². The Morgan fingerprint density at radius 2 is 2.00 bits per heavy atom. The first-order valence-electron chi connectivity index (χ1n) is 4.72. The fourth-order valence-corrected chi connectivity index (χ4v) is 1.89. The van der Waals surface area contributed by atoms with Gasteiger partial charge in [0.1, 0.15) is 5.58 Å². The number of hydrogen-bond donors (Lipinski definition) is 0. The Morgan fingerprint density at radius 3 is 2.75 bits per heavy atom. The highest BCUT2D eigenvalue weighted by atomic mass is 127. The third-order valence-electron chi connectivity index (χ3n) is 2.28. The number of rotatable bonds is 1. The van der Waals surface area contributed by atoms with E-state index in [0.29, 0.717) is 15.5 Å². The minimum absolute atomic E-state index is 0.415. The summed E-state index contributed by atoms with van der Waals surface area (Å²) in [5.74, 6) is 1.02. The molecule has 0 bridgehead atoms. The molecule has 0 atom stereocenters. The number of fused-ring (bicyclic) bond motifs is 1. The van der Waals surface area contributed by atoms with E-state index in [1.807, 2.05) is 47.7 Å². The summed E-state index contributed by atoms with van der Waals surface area (Å²) >= 11 is 1.97. The van der Waals surface area contributed by atoms with E-state index in [2.05, 4.69) is 16.3 Å². The van der Waals surface area contributed by atoms with Gasteiger partial charge in [-0.3, -0.25) is 0 Å². The molecular formula is C11H7IN2O2. The van der Waals surface area contributed by atoms with Crippen LogP contribution >= 0.6 is 22.6 Å². The van der Waals surface area contributed by atoms with Gasteiger partial charge in [-0.1, -0.05) is 11.6 Å². The van der Waals surface area contributed by atoms with E-state index in [-0.39, 0.29) is 0 Å². The van der Waals surface area contributed by atoms with Crippen molar-refractivity contribution in [3.05, 3.63) is 33.7 Å². The highest BCUT2D eigenvalue weighted by Crippen LogP contribution is 2.27. The SMILES string of the molecule is Cc1ccc2oc(-c3nnc(I)o3)cc2c1. The molecule has 0 spiro atoms. The summed E-state index contributed by atoms with van der Waals surface area (Å²) in [6.07, 6.45) is 0. The largest absolute Gasteiger partial charge is 0.451 e. The van der Waals surface area contributed by atoms with Crippen molar-refractivity contribution in [3.63, 3.8) is 0 Å². The molecule has 0 radical (unpaired) electrons. The lowest BCUT2D eigenvalue weighted by molar-refractivity contribution is 0.510. The number of hydrogen-bond acceptors (Lipinski definition) is 4. The number of aryl methyl sites for hydroxylation is 1. The van der Waals surface area contributed by atoms with E-state index in [4.69, 9.17) is 8.83 Å². The van der Waals surface area contributed by atoms with Crippen LogP contribution in [0.2, 0.25) is 0 Å². The minimum Gasteiger partial charge on any atom is -0.451 e. The van der Waals surface area contributed by atoms with Crippen molar-refractivity contribution in [1.29, 1.82) is 0 Å². The normalized spacial score (nSPS) is 11.1. The van der Waals surface area contributed by atoms with Crippen molar-refractivity contribution in [3.8, 4) is 11.7 Å². The van der Waals surface area contributed by atoms with Gasteiger partial charge in [0, 0.05) is 28.0 Å². The molecule has 2 heterocycles. The van der Waals surface area contributed by atoms with Crippen LogP contribution < -0.4 is 0 Å². The fraction of sp³-hybridized carbons (Fsp3) is 0.0909. The minimum atomic E-state index is 0.415. The smallest absolute Gasteiger partial charge is 0.284 e. The van der Waals surface area contributed by atoms with Crippen LogP contribution in [0.5, 0.6) is 0 Å². The van der Waals surface area contributed by atoms with E-state index in [1.54, 1.807) is 0 Å². The molecule has 0 unspecified atom stereocenters.